The van der Waals surface area contributed by atoms with E-state index in [1.165, 1.54) is 16.0 Å². The largest absolute Gasteiger partial charge is 0.496 e. The molecule has 2 aromatic carbocycles. The normalized spacial score (nSPS) is 15.9. The Morgan fingerprint density at radius 3 is 2.41 bits per heavy atom. The number of hydrogen-bond acceptors (Lipinski definition) is 5. The van der Waals surface area contributed by atoms with Crippen molar-refractivity contribution in [3.8, 4) is 5.75 Å². The number of ether oxygens (including phenoxy) is 1. The van der Waals surface area contributed by atoms with Gasteiger partial charge in [-0.2, -0.15) is 0 Å². The van der Waals surface area contributed by atoms with Gasteiger partial charge in [0.2, 0.25) is 0 Å². The average Bonchev–Trinajstić information content (AvgIpc) is 3.09. The highest BCUT2D eigenvalue weighted by Gasteiger charge is 2.43. The van der Waals surface area contributed by atoms with E-state index in [-0.39, 0.29) is 18.4 Å². The Labute approximate surface area is 186 Å². The van der Waals surface area contributed by atoms with Crippen LogP contribution in [-0.2, 0) is 29.1 Å². The fraction of sp³-hybridized carbons (Fsp3) is 0.192. The number of fused-ring (bicyclic) bond motifs is 1. The molecule has 0 radical (unpaired) electrons. The maximum absolute atomic E-state index is 13.7. The minimum absolute atomic E-state index is 0.201. The third kappa shape index (κ3) is 3.43. The first kappa shape index (κ1) is 20.0. The number of amides is 2. The molecule has 5 rings (SSSR count). The highest BCUT2D eigenvalue weighted by Crippen LogP contribution is 2.38. The number of nitrogens with zero attached hydrogens (tertiary/aromatic N) is 3. The van der Waals surface area contributed by atoms with Gasteiger partial charge in [-0.3, -0.25) is 19.5 Å². The lowest BCUT2D eigenvalue weighted by Gasteiger charge is -2.31. The molecule has 160 valence electrons. The summed E-state index contributed by atoms with van der Waals surface area (Å²) in [6.07, 6.45) is 4.15. The summed E-state index contributed by atoms with van der Waals surface area (Å²) in [7, 11) is 1.58. The maximum Gasteiger partial charge on any atom is 0.278 e. The molecular weight excluding hydrogens is 402 g/mol. The topological polar surface area (TPSA) is 62.7 Å². The third-order valence-electron chi connectivity index (χ3n) is 6.06. The van der Waals surface area contributed by atoms with Gasteiger partial charge in [-0.1, -0.05) is 42.5 Å². The van der Waals surface area contributed by atoms with Crippen LogP contribution in [0.3, 0.4) is 0 Å². The number of benzene rings is 2. The molecule has 2 aliphatic rings. The second-order valence-corrected chi connectivity index (χ2v) is 7.92. The molecule has 0 unspecified atom stereocenters. The molecule has 0 atom stereocenters. The molecule has 6 nitrogen and oxygen atoms in total. The molecule has 3 heterocycles. The summed E-state index contributed by atoms with van der Waals surface area (Å²) in [4.78, 5) is 34.7. The number of carbonyl (C=O) groups excluding carboxylic acids is 2. The van der Waals surface area contributed by atoms with Crippen molar-refractivity contribution in [1.82, 2.24) is 14.8 Å². The van der Waals surface area contributed by atoms with Gasteiger partial charge in [0.15, 0.2) is 0 Å². The number of para-hydroxylation sites is 1. The molecule has 1 aromatic heterocycles. The van der Waals surface area contributed by atoms with Crippen LogP contribution in [0.1, 0.15) is 22.3 Å². The van der Waals surface area contributed by atoms with Crippen molar-refractivity contribution in [2.75, 3.05) is 13.7 Å². The Balaban J connectivity index is 1.59. The van der Waals surface area contributed by atoms with Crippen LogP contribution in [-0.4, -0.2) is 40.3 Å². The summed E-state index contributed by atoms with van der Waals surface area (Å²) in [5, 5.41) is 0. The van der Waals surface area contributed by atoms with E-state index in [0.29, 0.717) is 35.7 Å². The highest BCUT2D eigenvalue weighted by atomic mass is 16.5. The van der Waals surface area contributed by atoms with Crippen LogP contribution >= 0.6 is 0 Å². The zero-order valence-electron chi connectivity index (χ0n) is 17.8. The zero-order valence-corrected chi connectivity index (χ0v) is 17.8. The monoisotopic (exact) mass is 425 g/mol. The first-order valence-electron chi connectivity index (χ1n) is 10.6. The lowest BCUT2D eigenvalue weighted by atomic mass is 9.97. The third-order valence-corrected chi connectivity index (χ3v) is 6.06. The summed E-state index contributed by atoms with van der Waals surface area (Å²) in [6, 6.07) is 19.3. The minimum Gasteiger partial charge on any atom is -0.496 e. The van der Waals surface area contributed by atoms with Gasteiger partial charge in [-0.05, 0) is 41.3 Å². The van der Waals surface area contributed by atoms with E-state index in [9.17, 15) is 9.59 Å². The molecule has 0 aliphatic carbocycles. The van der Waals surface area contributed by atoms with Crippen LogP contribution in [0.25, 0.3) is 5.57 Å². The summed E-state index contributed by atoms with van der Waals surface area (Å²) in [6.45, 7) is 1.46. The van der Waals surface area contributed by atoms with Crippen molar-refractivity contribution in [3.05, 3.63) is 101 Å². The van der Waals surface area contributed by atoms with E-state index in [0.717, 1.165) is 12.0 Å². The van der Waals surface area contributed by atoms with Crippen LogP contribution < -0.4 is 4.74 Å². The number of methoxy groups -OCH3 is 1. The van der Waals surface area contributed by atoms with Crippen molar-refractivity contribution in [2.45, 2.75) is 19.5 Å². The van der Waals surface area contributed by atoms with E-state index in [1.807, 2.05) is 53.4 Å². The molecule has 3 aromatic rings. The molecule has 0 spiro atoms. The fourth-order valence-electron chi connectivity index (χ4n) is 4.45. The second kappa shape index (κ2) is 8.30. The number of carbonyl (C=O) groups is 2. The smallest absolute Gasteiger partial charge is 0.278 e. The Hall–Kier alpha value is -3.93. The number of imide groups is 1. The zero-order chi connectivity index (χ0) is 22.1. The van der Waals surface area contributed by atoms with Crippen LogP contribution in [0.5, 0.6) is 5.75 Å². The predicted molar refractivity (Wildman–Crippen MR) is 120 cm³/mol. The molecular formula is C26H23N3O3. The quantitative estimate of drug-likeness (QED) is 0.586. The number of hydrogen-bond donors (Lipinski definition) is 0. The molecule has 0 bridgehead atoms. The standard InChI is InChI=1S/C26H23N3O3/c1-32-22-9-5-4-8-21(22)23-24(28-15-12-19-6-2-3-7-20(19)17-28)26(31)29(25(23)30)16-18-10-13-27-14-11-18/h2-11,13-14H,12,15-17H2,1H3. The summed E-state index contributed by atoms with van der Waals surface area (Å²) in [5.41, 5.74) is 4.81. The Bertz CT molecular complexity index is 1220. The van der Waals surface area contributed by atoms with Crippen LogP contribution in [0, 0.1) is 0 Å². The van der Waals surface area contributed by atoms with Gasteiger partial charge in [0.1, 0.15) is 11.4 Å². The van der Waals surface area contributed by atoms with Gasteiger partial charge in [0, 0.05) is 31.0 Å². The van der Waals surface area contributed by atoms with E-state index in [1.54, 1.807) is 19.5 Å². The van der Waals surface area contributed by atoms with Gasteiger partial charge in [-0.15, -0.1) is 0 Å². The van der Waals surface area contributed by atoms with Gasteiger partial charge in [0.05, 0.1) is 19.2 Å². The van der Waals surface area contributed by atoms with E-state index >= 15 is 0 Å². The second-order valence-electron chi connectivity index (χ2n) is 7.92. The number of rotatable bonds is 5. The Kier molecular flexibility index (Phi) is 5.19. The maximum atomic E-state index is 13.7. The molecule has 0 saturated heterocycles. The van der Waals surface area contributed by atoms with Gasteiger partial charge >= 0.3 is 0 Å². The van der Waals surface area contributed by atoms with E-state index in [2.05, 4.69) is 17.1 Å². The predicted octanol–water partition coefficient (Wildman–Crippen LogP) is 3.43. The molecule has 0 fully saturated rings. The first-order chi connectivity index (χ1) is 15.7. The van der Waals surface area contributed by atoms with Crippen LogP contribution in [0.4, 0.5) is 0 Å². The molecule has 6 heteroatoms. The highest BCUT2D eigenvalue weighted by molar-refractivity contribution is 6.35. The number of pyridine rings is 1. The average molecular weight is 425 g/mol. The lowest BCUT2D eigenvalue weighted by Crippen LogP contribution is -2.37. The molecule has 2 aliphatic heterocycles. The van der Waals surface area contributed by atoms with Crippen molar-refractivity contribution in [1.29, 1.82) is 0 Å². The molecule has 32 heavy (non-hydrogen) atoms. The van der Waals surface area contributed by atoms with Gasteiger partial charge in [-0.25, -0.2) is 0 Å². The summed E-state index contributed by atoms with van der Waals surface area (Å²) < 4.78 is 5.54. The fourth-order valence-corrected chi connectivity index (χ4v) is 4.45. The van der Waals surface area contributed by atoms with Gasteiger partial charge < -0.3 is 9.64 Å². The van der Waals surface area contributed by atoms with E-state index in [4.69, 9.17) is 4.74 Å². The van der Waals surface area contributed by atoms with E-state index < -0.39 is 0 Å². The minimum atomic E-state index is -0.301. The lowest BCUT2D eigenvalue weighted by molar-refractivity contribution is -0.138. The van der Waals surface area contributed by atoms with Gasteiger partial charge in [0.25, 0.3) is 11.8 Å². The van der Waals surface area contributed by atoms with Crippen LogP contribution in [0.15, 0.2) is 78.8 Å². The summed E-state index contributed by atoms with van der Waals surface area (Å²) in [5.74, 6) is 0.00147. The van der Waals surface area contributed by atoms with Crippen LogP contribution in [0.2, 0.25) is 0 Å². The van der Waals surface area contributed by atoms with Crippen molar-refractivity contribution >= 4 is 17.4 Å². The first-order valence-corrected chi connectivity index (χ1v) is 10.6. The van der Waals surface area contributed by atoms with Crippen molar-refractivity contribution in [3.63, 3.8) is 0 Å². The Morgan fingerprint density at radius 1 is 0.906 bits per heavy atom. The Morgan fingerprint density at radius 2 is 1.62 bits per heavy atom. The molecule has 0 N–H and O–H groups in total. The van der Waals surface area contributed by atoms with Crippen molar-refractivity contribution < 1.29 is 14.3 Å². The van der Waals surface area contributed by atoms with Crippen molar-refractivity contribution in [2.24, 2.45) is 0 Å². The molecule has 0 saturated carbocycles. The SMILES string of the molecule is COc1ccccc1C1=C(N2CCc3ccccc3C2)C(=O)N(Cc2ccncc2)C1=O. The summed E-state index contributed by atoms with van der Waals surface area (Å²) >= 11 is 0. The number of aromatic nitrogens is 1. The molecule has 2 amide bonds.